The van der Waals surface area contributed by atoms with Gasteiger partial charge in [0.1, 0.15) is 12.8 Å². The normalized spacial score (nSPS) is 13.8. The molecule has 2 rings (SSSR count). The van der Waals surface area contributed by atoms with Gasteiger partial charge in [-0.1, -0.05) is 0 Å². The van der Waals surface area contributed by atoms with Gasteiger partial charge in [0, 0.05) is 11.6 Å². The first-order valence-electron chi connectivity index (χ1n) is 3.90. The minimum atomic E-state index is -1.07. The molecule has 13 heavy (non-hydrogen) atoms. The zero-order chi connectivity index (χ0) is 9.42. The van der Waals surface area contributed by atoms with Gasteiger partial charge in [-0.15, -0.1) is 11.3 Å². The number of hydrogen-bond donors (Lipinski definition) is 1. The molecule has 0 spiro atoms. The maximum Gasteiger partial charge on any atom is 0.194 e. The highest BCUT2D eigenvalue weighted by Gasteiger charge is 2.17. The van der Waals surface area contributed by atoms with E-state index in [1.54, 1.807) is 17.5 Å². The Bertz CT molecular complexity index is 423. The Balaban J connectivity index is 2.63. The molecule has 0 saturated carbocycles. The van der Waals surface area contributed by atoms with Crippen molar-refractivity contribution in [1.82, 2.24) is 9.38 Å². The zero-order valence-corrected chi connectivity index (χ0v) is 7.88. The molecule has 0 fully saturated rings. The molecule has 0 saturated heterocycles. The van der Waals surface area contributed by atoms with Crippen LogP contribution in [0.4, 0.5) is 4.39 Å². The highest BCUT2D eigenvalue weighted by Crippen LogP contribution is 2.22. The molecule has 1 unspecified atom stereocenters. The zero-order valence-electron chi connectivity index (χ0n) is 7.07. The summed E-state index contributed by atoms with van der Waals surface area (Å²) in [5.41, 5.74) is 1.25. The molecule has 0 aromatic carbocycles. The molecule has 0 bridgehead atoms. The lowest BCUT2D eigenvalue weighted by Crippen LogP contribution is -2.04. The van der Waals surface area contributed by atoms with Gasteiger partial charge in [0.2, 0.25) is 0 Å². The average molecular weight is 200 g/mol. The van der Waals surface area contributed by atoms with Crippen LogP contribution in [0.15, 0.2) is 11.6 Å². The molecule has 2 aromatic heterocycles. The van der Waals surface area contributed by atoms with Gasteiger partial charge in [0.15, 0.2) is 4.96 Å². The molecule has 70 valence electrons. The molecule has 3 nitrogen and oxygen atoms in total. The van der Waals surface area contributed by atoms with Crippen LogP contribution in [0.5, 0.6) is 0 Å². The predicted octanol–water partition coefficient (Wildman–Crippen LogP) is 1.71. The number of thiazole rings is 1. The number of aliphatic hydroxyl groups is 1. The molecule has 1 N–H and O–H groups in total. The first-order chi connectivity index (χ1) is 6.24. The molecular weight excluding hydrogens is 191 g/mol. The fourth-order valence-electron chi connectivity index (χ4n) is 1.39. The number of imidazole rings is 1. The summed E-state index contributed by atoms with van der Waals surface area (Å²) in [6, 6.07) is 0. The lowest BCUT2D eigenvalue weighted by molar-refractivity contribution is 0.136. The van der Waals surface area contributed by atoms with Crippen molar-refractivity contribution < 1.29 is 9.50 Å². The van der Waals surface area contributed by atoms with E-state index in [-0.39, 0.29) is 0 Å². The predicted molar refractivity (Wildman–Crippen MR) is 48.7 cm³/mol. The summed E-state index contributed by atoms with van der Waals surface area (Å²) in [5, 5.41) is 11.2. The van der Waals surface area contributed by atoms with E-state index in [2.05, 4.69) is 4.98 Å². The standard InChI is InChI=1S/C8H9FN2OS/c1-5-7(6(12)4-9)11-2-3-13-8(11)10-5/h2-3,6,12H,4H2,1H3. The van der Waals surface area contributed by atoms with Crippen molar-refractivity contribution in [3.05, 3.63) is 23.0 Å². The van der Waals surface area contributed by atoms with E-state index in [1.807, 2.05) is 5.38 Å². The van der Waals surface area contributed by atoms with E-state index in [1.165, 1.54) is 11.3 Å². The topological polar surface area (TPSA) is 37.5 Å². The van der Waals surface area contributed by atoms with Crippen LogP contribution in [0.25, 0.3) is 4.96 Å². The van der Waals surface area contributed by atoms with Crippen LogP contribution in [0.3, 0.4) is 0 Å². The summed E-state index contributed by atoms with van der Waals surface area (Å²) < 4.78 is 14.0. The number of hydrogen-bond acceptors (Lipinski definition) is 3. The maximum atomic E-state index is 12.3. The second-order valence-corrected chi connectivity index (χ2v) is 3.68. The first-order valence-corrected chi connectivity index (χ1v) is 4.78. The van der Waals surface area contributed by atoms with Crippen molar-refractivity contribution in [2.24, 2.45) is 0 Å². The molecule has 0 aliphatic rings. The molecule has 2 aromatic rings. The van der Waals surface area contributed by atoms with Gasteiger partial charge >= 0.3 is 0 Å². The molecule has 0 aliphatic heterocycles. The number of fused-ring (bicyclic) bond motifs is 1. The minimum Gasteiger partial charge on any atom is -0.384 e. The third kappa shape index (κ3) is 1.24. The van der Waals surface area contributed by atoms with Crippen LogP contribution in [0, 0.1) is 6.92 Å². The van der Waals surface area contributed by atoms with Crippen molar-refractivity contribution in [2.75, 3.05) is 6.67 Å². The van der Waals surface area contributed by atoms with Crippen LogP contribution in [0.1, 0.15) is 17.5 Å². The fraction of sp³-hybridized carbons (Fsp3) is 0.375. The van der Waals surface area contributed by atoms with Gasteiger partial charge in [-0.25, -0.2) is 9.37 Å². The van der Waals surface area contributed by atoms with E-state index in [9.17, 15) is 9.50 Å². The molecular formula is C8H9FN2OS. The lowest BCUT2D eigenvalue weighted by Gasteiger charge is -2.04. The molecule has 5 heteroatoms. The summed E-state index contributed by atoms with van der Waals surface area (Å²) in [4.78, 5) is 4.99. The molecule has 0 amide bonds. The summed E-state index contributed by atoms with van der Waals surface area (Å²) in [7, 11) is 0. The third-order valence-corrected chi connectivity index (χ3v) is 2.70. The van der Waals surface area contributed by atoms with Crippen molar-refractivity contribution in [3.8, 4) is 0 Å². The van der Waals surface area contributed by atoms with E-state index in [0.29, 0.717) is 11.4 Å². The summed E-state index contributed by atoms with van der Waals surface area (Å²) in [5.74, 6) is 0. The van der Waals surface area contributed by atoms with Crippen molar-refractivity contribution in [2.45, 2.75) is 13.0 Å². The Morgan fingerprint density at radius 2 is 2.54 bits per heavy atom. The maximum absolute atomic E-state index is 12.3. The SMILES string of the molecule is Cc1nc2sccn2c1C(O)CF. The van der Waals surface area contributed by atoms with Crippen LogP contribution in [0.2, 0.25) is 0 Å². The third-order valence-electron chi connectivity index (χ3n) is 1.94. The molecule has 0 aliphatic carbocycles. The largest absolute Gasteiger partial charge is 0.384 e. The lowest BCUT2D eigenvalue weighted by atomic mass is 10.2. The number of alkyl halides is 1. The van der Waals surface area contributed by atoms with E-state index < -0.39 is 12.8 Å². The Labute approximate surface area is 78.5 Å². The van der Waals surface area contributed by atoms with Crippen molar-refractivity contribution >= 4 is 16.3 Å². The van der Waals surface area contributed by atoms with Crippen LogP contribution < -0.4 is 0 Å². The minimum absolute atomic E-state index is 0.554. The number of halogens is 1. The van der Waals surface area contributed by atoms with E-state index >= 15 is 0 Å². The van der Waals surface area contributed by atoms with E-state index in [0.717, 1.165) is 4.96 Å². The second-order valence-electron chi connectivity index (χ2n) is 2.81. The van der Waals surface area contributed by atoms with Crippen LogP contribution in [-0.2, 0) is 0 Å². The number of aryl methyl sites for hydroxylation is 1. The van der Waals surface area contributed by atoms with Crippen molar-refractivity contribution in [1.29, 1.82) is 0 Å². The highest BCUT2D eigenvalue weighted by atomic mass is 32.1. The Morgan fingerprint density at radius 3 is 3.23 bits per heavy atom. The smallest absolute Gasteiger partial charge is 0.194 e. The average Bonchev–Trinajstić information content (AvgIpc) is 2.62. The van der Waals surface area contributed by atoms with E-state index in [4.69, 9.17) is 0 Å². The fourth-order valence-corrected chi connectivity index (χ4v) is 2.15. The van der Waals surface area contributed by atoms with Crippen LogP contribution >= 0.6 is 11.3 Å². The van der Waals surface area contributed by atoms with Gasteiger partial charge < -0.3 is 5.11 Å². The van der Waals surface area contributed by atoms with Gasteiger partial charge in [-0.3, -0.25) is 4.40 Å². The monoisotopic (exact) mass is 200 g/mol. The first kappa shape index (κ1) is 8.65. The van der Waals surface area contributed by atoms with Crippen LogP contribution in [-0.4, -0.2) is 21.2 Å². The molecule has 2 heterocycles. The Hall–Kier alpha value is -0.940. The van der Waals surface area contributed by atoms with Gasteiger partial charge in [0.25, 0.3) is 0 Å². The number of rotatable bonds is 2. The number of nitrogens with zero attached hydrogens (tertiary/aromatic N) is 2. The number of aromatic nitrogens is 2. The van der Waals surface area contributed by atoms with Gasteiger partial charge in [0.05, 0.1) is 11.4 Å². The second kappa shape index (κ2) is 3.08. The summed E-state index contributed by atoms with van der Waals surface area (Å²) in [6.07, 6.45) is 0.721. The summed E-state index contributed by atoms with van der Waals surface area (Å²) in [6.45, 7) is 0.998. The van der Waals surface area contributed by atoms with Gasteiger partial charge in [-0.2, -0.15) is 0 Å². The molecule has 1 atom stereocenters. The molecule has 0 radical (unpaired) electrons. The Kier molecular flexibility index (Phi) is 2.05. The summed E-state index contributed by atoms with van der Waals surface area (Å²) >= 11 is 1.47. The Morgan fingerprint density at radius 1 is 1.77 bits per heavy atom. The van der Waals surface area contributed by atoms with Crippen molar-refractivity contribution in [3.63, 3.8) is 0 Å². The quantitative estimate of drug-likeness (QED) is 0.801. The van der Waals surface area contributed by atoms with Gasteiger partial charge in [-0.05, 0) is 6.92 Å². The number of aliphatic hydroxyl groups excluding tert-OH is 1. The highest BCUT2D eigenvalue weighted by molar-refractivity contribution is 7.15.